The highest BCUT2D eigenvalue weighted by molar-refractivity contribution is 5.83. The van der Waals surface area contributed by atoms with Crippen molar-refractivity contribution in [2.45, 2.75) is 38.1 Å². The minimum Gasteiger partial charge on any atom is -0.329 e. The van der Waals surface area contributed by atoms with Gasteiger partial charge >= 0.3 is 0 Å². The third-order valence-corrected chi connectivity index (χ3v) is 3.77. The Bertz CT molecular complexity index is 555. The molecule has 4 heteroatoms. The van der Waals surface area contributed by atoms with Crippen molar-refractivity contribution < 1.29 is 4.79 Å². The maximum atomic E-state index is 10.4. The Morgan fingerprint density at radius 1 is 1.28 bits per heavy atom. The summed E-state index contributed by atoms with van der Waals surface area (Å²) in [7, 11) is 0. The number of carbonyl (C=O) groups is 1. The topological polar surface area (TPSA) is 46.9 Å². The molecule has 1 aromatic carbocycles. The van der Waals surface area contributed by atoms with E-state index < -0.39 is 0 Å². The third kappa shape index (κ3) is 1.98. The quantitative estimate of drug-likeness (QED) is 0.842. The van der Waals surface area contributed by atoms with Crippen LogP contribution < -0.4 is 5.32 Å². The van der Waals surface area contributed by atoms with Crippen molar-refractivity contribution in [3.05, 3.63) is 24.5 Å². The maximum absolute atomic E-state index is 10.4. The molecule has 0 spiro atoms. The summed E-state index contributed by atoms with van der Waals surface area (Å²) in [6, 6.07) is 6.48. The predicted molar refractivity (Wildman–Crippen MR) is 71.5 cm³/mol. The number of aromatic nitrogens is 2. The molecule has 0 atom stereocenters. The summed E-state index contributed by atoms with van der Waals surface area (Å²) in [6.07, 6.45) is 9.12. The van der Waals surface area contributed by atoms with Gasteiger partial charge in [0, 0.05) is 11.7 Å². The fourth-order valence-electron chi connectivity index (χ4n) is 2.84. The van der Waals surface area contributed by atoms with Crippen LogP contribution in [0.3, 0.4) is 0 Å². The van der Waals surface area contributed by atoms with Crippen LogP contribution in [0.25, 0.3) is 11.0 Å². The van der Waals surface area contributed by atoms with Gasteiger partial charge in [-0.25, -0.2) is 4.98 Å². The molecule has 1 aliphatic rings. The monoisotopic (exact) mass is 243 g/mol. The van der Waals surface area contributed by atoms with Gasteiger partial charge in [0.05, 0.1) is 17.4 Å². The second-order valence-electron chi connectivity index (χ2n) is 4.91. The zero-order chi connectivity index (χ0) is 12.4. The summed E-state index contributed by atoms with van der Waals surface area (Å²) in [5, 5.41) is 2.66. The van der Waals surface area contributed by atoms with Crippen LogP contribution in [0.1, 0.15) is 38.1 Å². The molecule has 0 saturated heterocycles. The second-order valence-corrected chi connectivity index (χ2v) is 4.91. The molecular formula is C14H17N3O. The van der Waals surface area contributed by atoms with Crippen LogP contribution in [-0.4, -0.2) is 16.0 Å². The van der Waals surface area contributed by atoms with Crippen LogP contribution >= 0.6 is 0 Å². The van der Waals surface area contributed by atoms with E-state index in [1.54, 1.807) is 0 Å². The number of amides is 1. The van der Waals surface area contributed by atoms with E-state index in [1.807, 2.05) is 24.5 Å². The second kappa shape index (κ2) is 4.80. The van der Waals surface area contributed by atoms with Crippen LogP contribution in [-0.2, 0) is 4.79 Å². The average molecular weight is 243 g/mol. The van der Waals surface area contributed by atoms with Crippen LogP contribution in [0, 0.1) is 0 Å². The fraction of sp³-hybridized carbons (Fsp3) is 0.429. The van der Waals surface area contributed by atoms with Gasteiger partial charge in [0.2, 0.25) is 6.41 Å². The van der Waals surface area contributed by atoms with Crippen molar-refractivity contribution in [3.8, 4) is 0 Å². The average Bonchev–Trinajstić information content (AvgIpc) is 2.83. The molecule has 1 N–H and O–H groups in total. The van der Waals surface area contributed by atoms with Gasteiger partial charge in [-0.1, -0.05) is 19.3 Å². The van der Waals surface area contributed by atoms with Gasteiger partial charge in [-0.3, -0.25) is 4.79 Å². The number of hydrogen-bond donors (Lipinski definition) is 1. The number of nitrogens with one attached hydrogen (secondary N) is 1. The van der Waals surface area contributed by atoms with E-state index in [2.05, 4.69) is 14.9 Å². The smallest absolute Gasteiger partial charge is 0.211 e. The fourth-order valence-corrected chi connectivity index (χ4v) is 2.84. The van der Waals surface area contributed by atoms with Crippen molar-refractivity contribution in [1.29, 1.82) is 0 Å². The third-order valence-electron chi connectivity index (χ3n) is 3.77. The van der Waals surface area contributed by atoms with Crippen molar-refractivity contribution in [1.82, 2.24) is 9.55 Å². The van der Waals surface area contributed by atoms with Crippen molar-refractivity contribution in [3.63, 3.8) is 0 Å². The highest BCUT2D eigenvalue weighted by Crippen LogP contribution is 2.31. The normalized spacial score (nSPS) is 16.9. The lowest BCUT2D eigenvalue weighted by atomic mass is 9.95. The van der Waals surface area contributed by atoms with E-state index in [4.69, 9.17) is 0 Å². The number of anilines is 1. The highest BCUT2D eigenvalue weighted by atomic mass is 16.1. The maximum Gasteiger partial charge on any atom is 0.211 e. The Kier molecular flexibility index (Phi) is 3.00. The molecule has 4 nitrogen and oxygen atoms in total. The molecular weight excluding hydrogens is 226 g/mol. The van der Waals surface area contributed by atoms with Crippen LogP contribution in [0.4, 0.5) is 5.69 Å². The molecule has 0 bridgehead atoms. The molecule has 1 amide bonds. The summed E-state index contributed by atoms with van der Waals surface area (Å²) in [5.74, 6) is 0. The minimum absolute atomic E-state index is 0.591. The first-order valence-corrected chi connectivity index (χ1v) is 6.55. The SMILES string of the molecule is O=CNc1ccc2c(c1)ncn2C1CCCCC1. The molecule has 1 fully saturated rings. The zero-order valence-electron chi connectivity index (χ0n) is 10.3. The Labute approximate surface area is 106 Å². The molecule has 1 saturated carbocycles. The van der Waals surface area contributed by atoms with E-state index in [0.717, 1.165) is 11.2 Å². The number of nitrogens with zero attached hydrogens (tertiary/aromatic N) is 2. The van der Waals surface area contributed by atoms with Gasteiger partial charge in [0.1, 0.15) is 0 Å². The molecule has 0 unspecified atom stereocenters. The molecule has 0 aliphatic heterocycles. The zero-order valence-corrected chi connectivity index (χ0v) is 10.3. The van der Waals surface area contributed by atoms with Gasteiger partial charge in [-0.15, -0.1) is 0 Å². The summed E-state index contributed by atoms with van der Waals surface area (Å²) in [5.41, 5.74) is 2.91. The van der Waals surface area contributed by atoms with Crippen molar-refractivity contribution in [2.24, 2.45) is 0 Å². The van der Waals surface area contributed by atoms with Gasteiger partial charge < -0.3 is 9.88 Å². The predicted octanol–water partition coefficient (Wildman–Crippen LogP) is 3.11. The van der Waals surface area contributed by atoms with Crippen LogP contribution in [0.15, 0.2) is 24.5 Å². The van der Waals surface area contributed by atoms with E-state index >= 15 is 0 Å². The molecule has 3 rings (SSSR count). The first-order valence-electron chi connectivity index (χ1n) is 6.55. The largest absolute Gasteiger partial charge is 0.329 e. The van der Waals surface area contributed by atoms with Crippen LogP contribution in [0.5, 0.6) is 0 Å². The Balaban J connectivity index is 1.95. The van der Waals surface area contributed by atoms with Crippen LogP contribution in [0.2, 0.25) is 0 Å². The number of hydrogen-bond acceptors (Lipinski definition) is 2. The first-order chi connectivity index (χ1) is 8.88. The summed E-state index contributed by atoms with van der Waals surface area (Å²) >= 11 is 0. The lowest BCUT2D eigenvalue weighted by Gasteiger charge is -2.23. The number of fused-ring (bicyclic) bond motifs is 1. The number of benzene rings is 1. The van der Waals surface area contributed by atoms with Gasteiger partial charge in [-0.05, 0) is 31.0 Å². The van der Waals surface area contributed by atoms with Gasteiger partial charge in [0.15, 0.2) is 0 Å². The molecule has 94 valence electrons. The van der Waals surface area contributed by atoms with E-state index in [9.17, 15) is 4.79 Å². The van der Waals surface area contributed by atoms with Gasteiger partial charge in [0.25, 0.3) is 0 Å². The van der Waals surface area contributed by atoms with E-state index in [0.29, 0.717) is 12.5 Å². The highest BCUT2D eigenvalue weighted by Gasteiger charge is 2.17. The number of rotatable bonds is 3. The molecule has 18 heavy (non-hydrogen) atoms. The molecule has 1 heterocycles. The first kappa shape index (κ1) is 11.3. The Morgan fingerprint density at radius 2 is 2.11 bits per heavy atom. The van der Waals surface area contributed by atoms with E-state index in [1.165, 1.54) is 37.6 Å². The minimum atomic E-state index is 0.591. The standard InChI is InChI=1S/C14H17N3O/c18-10-16-11-6-7-14-13(8-11)15-9-17(14)12-4-2-1-3-5-12/h6-10,12H,1-5H2,(H,16,18). The summed E-state index contributed by atoms with van der Waals surface area (Å²) in [6.45, 7) is 0. The number of carbonyl (C=O) groups excluding carboxylic acids is 1. The lowest BCUT2D eigenvalue weighted by Crippen LogP contribution is -2.11. The van der Waals surface area contributed by atoms with Gasteiger partial charge in [-0.2, -0.15) is 0 Å². The molecule has 2 aromatic rings. The lowest BCUT2D eigenvalue weighted by molar-refractivity contribution is -0.105. The van der Waals surface area contributed by atoms with E-state index in [-0.39, 0.29) is 0 Å². The summed E-state index contributed by atoms with van der Waals surface area (Å²) in [4.78, 5) is 14.9. The summed E-state index contributed by atoms with van der Waals surface area (Å²) < 4.78 is 2.29. The Morgan fingerprint density at radius 3 is 2.89 bits per heavy atom. The molecule has 1 aliphatic carbocycles. The van der Waals surface area contributed by atoms with Crippen molar-refractivity contribution in [2.75, 3.05) is 5.32 Å². The van der Waals surface area contributed by atoms with Crippen molar-refractivity contribution >= 4 is 23.1 Å². The molecule has 1 aromatic heterocycles. The number of imidazole rings is 1. The Hall–Kier alpha value is -1.84. The molecule has 0 radical (unpaired) electrons.